The zero-order chi connectivity index (χ0) is 9.68. The van der Waals surface area contributed by atoms with E-state index in [1.807, 2.05) is 32.1 Å². The van der Waals surface area contributed by atoms with Crippen LogP contribution in [0.1, 0.15) is 19.4 Å². The third-order valence-electron chi connectivity index (χ3n) is 1.63. The molecule has 0 bridgehead atoms. The molecule has 0 amide bonds. The summed E-state index contributed by atoms with van der Waals surface area (Å²) in [6, 6.07) is 4.90. The molecule has 0 N–H and O–H groups in total. The fourth-order valence-electron chi connectivity index (χ4n) is 1.13. The summed E-state index contributed by atoms with van der Waals surface area (Å²) in [6.07, 6.45) is 3.69. The van der Waals surface area contributed by atoms with Crippen molar-refractivity contribution in [3.63, 3.8) is 0 Å². The van der Waals surface area contributed by atoms with Gasteiger partial charge in [-0.1, -0.05) is 24.3 Å². The van der Waals surface area contributed by atoms with Crippen molar-refractivity contribution in [2.24, 2.45) is 0 Å². The summed E-state index contributed by atoms with van der Waals surface area (Å²) < 4.78 is 18.4. The van der Waals surface area contributed by atoms with Gasteiger partial charge in [0, 0.05) is 5.56 Å². The van der Waals surface area contributed by atoms with Crippen LogP contribution in [0.2, 0.25) is 0 Å². The number of hydrogen-bond acceptors (Lipinski definition) is 1. The first-order valence-corrected chi connectivity index (χ1v) is 4.33. The van der Waals surface area contributed by atoms with Crippen LogP contribution in [0.3, 0.4) is 0 Å². The molecule has 2 heteroatoms. The van der Waals surface area contributed by atoms with E-state index in [9.17, 15) is 4.39 Å². The molecule has 1 aromatic rings. The Bertz CT molecular complexity index is 305. The molecule has 70 valence electrons. The molecule has 0 aliphatic heterocycles. The van der Waals surface area contributed by atoms with Crippen molar-refractivity contribution in [3.8, 4) is 5.75 Å². The van der Waals surface area contributed by atoms with E-state index in [0.717, 1.165) is 5.56 Å². The lowest BCUT2D eigenvalue weighted by Crippen LogP contribution is -1.96. The molecule has 0 fully saturated rings. The molecule has 0 saturated heterocycles. The summed E-state index contributed by atoms with van der Waals surface area (Å²) in [4.78, 5) is 0. The second-order valence-electron chi connectivity index (χ2n) is 2.59. The van der Waals surface area contributed by atoms with Crippen LogP contribution in [0.4, 0.5) is 4.39 Å². The highest BCUT2D eigenvalue weighted by Crippen LogP contribution is 2.23. The fourth-order valence-corrected chi connectivity index (χ4v) is 1.13. The van der Waals surface area contributed by atoms with Gasteiger partial charge in [0.1, 0.15) is 0 Å². The van der Waals surface area contributed by atoms with E-state index in [2.05, 4.69) is 0 Å². The zero-order valence-electron chi connectivity index (χ0n) is 7.88. The van der Waals surface area contributed by atoms with Gasteiger partial charge in [0.2, 0.25) is 0 Å². The molecule has 0 radical (unpaired) electrons. The Balaban J connectivity index is 3.09. The number of hydrogen-bond donors (Lipinski definition) is 0. The monoisotopic (exact) mass is 180 g/mol. The lowest BCUT2D eigenvalue weighted by molar-refractivity contribution is 0.321. The van der Waals surface area contributed by atoms with Crippen LogP contribution in [-0.2, 0) is 0 Å². The van der Waals surface area contributed by atoms with Crippen molar-refractivity contribution >= 4 is 6.08 Å². The quantitative estimate of drug-likeness (QED) is 0.693. The summed E-state index contributed by atoms with van der Waals surface area (Å²) in [5, 5.41) is 0. The minimum atomic E-state index is -0.308. The lowest BCUT2D eigenvalue weighted by atomic mass is 10.2. The minimum Gasteiger partial charge on any atom is -0.490 e. The third-order valence-corrected chi connectivity index (χ3v) is 1.63. The van der Waals surface area contributed by atoms with E-state index in [0.29, 0.717) is 12.4 Å². The molecule has 0 spiro atoms. The van der Waals surface area contributed by atoms with Gasteiger partial charge in [-0.3, -0.25) is 0 Å². The van der Waals surface area contributed by atoms with Crippen molar-refractivity contribution in [1.29, 1.82) is 0 Å². The number of para-hydroxylation sites is 1. The van der Waals surface area contributed by atoms with Crippen LogP contribution >= 0.6 is 0 Å². The number of benzene rings is 1. The summed E-state index contributed by atoms with van der Waals surface area (Å²) >= 11 is 0. The highest BCUT2D eigenvalue weighted by molar-refractivity contribution is 5.57. The molecule has 0 aliphatic rings. The SMILES string of the molecule is CC=Cc1cccc(F)c1OCC. The van der Waals surface area contributed by atoms with Gasteiger partial charge in [-0.15, -0.1) is 0 Å². The second-order valence-corrected chi connectivity index (χ2v) is 2.59. The first-order valence-electron chi connectivity index (χ1n) is 4.33. The van der Waals surface area contributed by atoms with Gasteiger partial charge in [0.25, 0.3) is 0 Å². The first-order chi connectivity index (χ1) is 6.29. The molecule has 0 aromatic heterocycles. The average Bonchev–Trinajstić information content (AvgIpc) is 2.11. The molecular formula is C11H13FO. The summed E-state index contributed by atoms with van der Waals surface area (Å²) in [6.45, 7) is 4.21. The number of rotatable bonds is 3. The Morgan fingerprint density at radius 2 is 2.23 bits per heavy atom. The maximum atomic E-state index is 13.2. The van der Waals surface area contributed by atoms with Gasteiger partial charge in [0.05, 0.1) is 6.61 Å². The van der Waals surface area contributed by atoms with Crippen molar-refractivity contribution in [3.05, 3.63) is 35.7 Å². The van der Waals surface area contributed by atoms with Gasteiger partial charge >= 0.3 is 0 Å². The molecular weight excluding hydrogens is 167 g/mol. The van der Waals surface area contributed by atoms with Gasteiger partial charge in [-0.2, -0.15) is 0 Å². The Kier molecular flexibility index (Phi) is 3.50. The molecule has 1 nitrogen and oxygen atoms in total. The van der Waals surface area contributed by atoms with Gasteiger partial charge < -0.3 is 4.74 Å². The Morgan fingerprint density at radius 1 is 1.46 bits per heavy atom. The molecule has 0 atom stereocenters. The predicted octanol–water partition coefficient (Wildman–Crippen LogP) is 3.26. The fraction of sp³-hybridized carbons (Fsp3) is 0.273. The Morgan fingerprint density at radius 3 is 2.85 bits per heavy atom. The highest BCUT2D eigenvalue weighted by atomic mass is 19.1. The number of allylic oxidation sites excluding steroid dienone is 1. The second kappa shape index (κ2) is 4.65. The van der Waals surface area contributed by atoms with Crippen LogP contribution in [0.25, 0.3) is 6.08 Å². The van der Waals surface area contributed by atoms with E-state index in [1.165, 1.54) is 6.07 Å². The molecule has 0 unspecified atom stereocenters. The largest absolute Gasteiger partial charge is 0.490 e. The summed E-state index contributed by atoms with van der Waals surface area (Å²) in [7, 11) is 0. The standard InChI is InChI=1S/C11H13FO/c1-3-6-9-7-5-8-10(12)11(9)13-4-2/h3,5-8H,4H2,1-2H3. The first kappa shape index (κ1) is 9.78. The van der Waals surface area contributed by atoms with Crippen LogP contribution < -0.4 is 4.74 Å². The molecule has 13 heavy (non-hydrogen) atoms. The summed E-state index contributed by atoms with van der Waals surface area (Å²) in [5.41, 5.74) is 0.782. The lowest BCUT2D eigenvalue weighted by Gasteiger charge is -2.07. The van der Waals surface area contributed by atoms with E-state index in [-0.39, 0.29) is 5.82 Å². The van der Waals surface area contributed by atoms with Crippen LogP contribution in [0.15, 0.2) is 24.3 Å². The normalized spacial score (nSPS) is 10.7. The van der Waals surface area contributed by atoms with Crippen molar-refractivity contribution in [2.75, 3.05) is 6.61 Å². The van der Waals surface area contributed by atoms with Gasteiger partial charge in [0.15, 0.2) is 11.6 Å². The molecule has 0 heterocycles. The maximum absolute atomic E-state index is 13.2. The Hall–Kier alpha value is -1.31. The van der Waals surface area contributed by atoms with E-state index in [1.54, 1.807) is 6.07 Å². The Labute approximate surface area is 77.8 Å². The van der Waals surface area contributed by atoms with E-state index in [4.69, 9.17) is 4.74 Å². The van der Waals surface area contributed by atoms with Crippen molar-refractivity contribution in [2.45, 2.75) is 13.8 Å². The van der Waals surface area contributed by atoms with E-state index < -0.39 is 0 Å². The average molecular weight is 180 g/mol. The van der Waals surface area contributed by atoms with E-state index >= 15 is 0 Å². The van der Waals surface area contributed by atoms with Crippen molar-refractivity contribution < 1.29 is 9.13 Å². The molecule has 0 aliphatic carbocycles. The minimum absolute atomic E-state index is 0.308. The summed E-state index contributed by atoms with van der Waals surface area (Å²) in [5.74, 6) is 0.0283. The maximum Gasteiger partial charge on any atom is 0.165 e. The van der Waals surface area contributed by atoms with Crippen LogP contribution in [0.5, 0.6) is 5.75 Å². The predicted molar refractivity (Wildman–Crippen MR) is 52.3 cm³/mol. The zero-order valence-corrected chi connectivity index (χ0v) is 7.88. The van der Waals surface area contributed by atoms with Crippen LogP contribution in [0, 0.1) is 5.82 Å². The van der Waals surface area contributed by atoms with Crippen LogP contribution in [-0.4, -0.2) is 6.61 Å². The topological polar surface area (TPSA) is 9.23 Å². The van der Waals surface area contributed by atoms with Gasteiger partial charge in [-0.05, 0) is 19.9 Å². The molecule has 1 rings (SSSR count). The number of halogens is 1. The molecule has 0 saturated carbocycles. The van der Waals surface area contributed by atoms with Gasteiger partial charge in [-0.25, -0.2) is 4.39 Å². The number of ether oxygens (including phenoxy) is 1. The smallest absolute Gasteiger partial charge is 0.165 e. The van der Waals surface area contributed by atoms with Crippen molar-refractivity contribution in [1.82, 2.24) is 0 Å². The molecule has 1 aromatic carbocycles. The highest BCUT2D eigenvalue weighted by Gasteiger charge is 2.05. The third kappa shape index (κ3) is 2.31.